The fourth-order valence-corrected chi connectivity index (χ4v) is 4.03. The van der Waals surface area contributed by atoms with E-state index in [0.29, 0.717) is 16.1 Å². The van der Waals surface area contributed by atoms with Crippen molar-refractivity contribution in [3.8, 4) is 5.69 Å². The Morgan fingerprint density at radius 3 is 2.42 bits per heavy atom. The van der Waals surface area contributed by atoms with Crippen LogP contribution in [0.15, 0.2) is 77.7 Å². The van der Waals surface area contributed by atoms with Gasteiger partial charge < -0.3 is 10.2 Å². The summed E-state index contributed by atoms with van der Waals surface area (Å²) in [6, 6.07) is 22.8. The number of hydrogen-bond acceptors (Lipinski definition) is 4. The molecule has 0 radical (unpaired) electrons. The maximum absolute atomic E-state index is 12.9. The van der Waals surface area contributed by atoms with Crippen LogP contribution in [0.4, 0.5) is 10.5 Å². The first kappa shape index (κ1) is 20.7. The van der Waals surface area contributed by atoms with E-state index in [4.69, 9.17) is 0 Å². The van der Waals surface area contributed by atoms with Crippen molar-refractivity contribution in [3.05, 3.63) is 84.2 Å². The highest BCUT2D eigenvalue weighted by Crippen LogP contribution is 2.29. The number of para-hydroxylation sites is 2. The van der Waals surface area contributed by atoms with Crippen molar-refractivity contribution >= 4 is 39.6 Å². The van der Waals surface area contributed by atoms with E-state index in [1.54, 1.807) is 32.3 Å². The highest BCUT2D eigenvalue weighted by molar-refractivity contribution is 8.13. The van der Waals surface area contributed by atoms with Crippen molar-refractivity contribution in [1.29, 1.82) is 0 Å². The zero-order valence-corrected chi connectivity index (χ0v) is 18.3. The lowest BCUT2D eigenvalue weighted by Crippen LogP contribution is -2.17. The molecule has 7 heteroatoms. The SMILES string of the molecule is Cc1nc2cc(C(=O)Nc3ccccc3SC(=O)N(C)C)ccc2n1-c1ccccc1. The summed E-state index contributed by atoms with van der Waals surface area (Å²) in [5.41, 5.74) is 3.81. The van der Waals surface area contributed by atoms with Gasteiger partial charge in [-0.15, -0.1) is 0 Å². The van der Waals surface area contributed by atoms with E-state index in [1.807, 2.05) is 61.5 Å². The second-order valence-electron chi connectivity index (χ2n) is 7.25. The average Bonchev–Trinajstić information content (AvgIpc) is 3.10. The molecule has 1 N–H and O–H groups in total. The lowest BCUT2D eigenvalue weighted by molar-refractivity contribution is 0.102. The quantitative estimate of drug-likeness (QED) is 0.443. The van der Waals surface area contributed by atoms with Gasteiger partial charge in [-0.05, 0) is 61.2 Å². The Kier molecular flexibility index (Phi) is 5.77. The number of amides is 2. The van der Waals surface area contributed by atoms with E-state index in [9.17, 15) is 9.59 Å². The zero-order valence-electron chi connectivity index (χ0n) is 17.5. The van der Waals surface area contributed by atoms with Crippen LogP contribution < -0.4 is 5.32 Å². The van der Waals surface area contributed by atoms with Gasteiger partial charge in [-0.1, -0.05) is 30.3 Å². The molecule has 0 saturated carbocycles. The van der Waals surface area contributed by atoms with E-state index in [-0.39, 0.29) is 11.1 Å². The zero-order chi connectivity index (χ0) is 22.0. The van der Waals surface area contributed by atoms with Crippen molar-refractivity contribution in [2.24, 2.45) is 0 Å². The van der Waals surface area contributed by atoms with Crippen LogP contribution in [0, 0.1) is 6.92 Å². The molecule has 0 spiro atoms. The van der Waals surface area contributed by atoms with Gasteiger partial charge in [-0.2, -0.15) is 0 Å². The molecule has 2 amide bonds. The fourth-order valence-electron chi connectivity index (χ4n) is 3.28. The molecule has 4 rings (SSSR count). The second kappa shape index (κ2) is 8.65. The van der Waals surface area contributed by atoms with Gasteiger partial charge in [0.1, 0.15) is 5.82 Å². The summed E-state index contributed by atoms with van der Waals surface area (Å²) < 4.78 is 2.07. The third-order valence-electron chi connectivity index (χ3n) is 4.80. The number of aromatic nitrogens is 2. The van der Waals surface area contributed by atoms with E-state index >= 15 is 0 Å². The minimum absolute atomic E-state index is 0.106. The van der Waals surface area contributed by atoms with Gasteiger partial charge in [-0.3, -0.25) is 14.2 Å². The first-order chi connectivity index (χ1) is 14.9. The van der Waals surface area contributed by atoms with E-state index in [2.05, 4.69) is 14.9 Å². The molecule has 0 bridgehead atoms. The summed E-state index contributed by atoms with van der Waals surface area (Å²) in [7, 11) is 3.39. The number of anilines is 1. The van der Waals surface area contributed by atoms with Crippen LogP contribution in [-0.2, 0) is 0 Å². The van der Waals surface area contributed by atoms with E-state index < -0.39 is 0 Å². The monoisotopic (exact) mass is 430 g/mol. The first-order valence-electron chi connectivity index (χ1n) is 9.78. The van der Waals surface area contributed by atoms with Gasteiger partial charge in [0, 0.05) is 30.2 Å². The van der Waals surface area contributed by atoms with Crippen LogP contribution >= 0.6 is 11.8 Å². The Bertz CT molecular complexity index is 1270. The fraction of sp³-hybridized carbons (Fsp3) is 0.125. The third-order valence-corrected chi connectivity index (χ3v) is 5.91. The Hall–Kier alpha value is -3.58. The van der Waals surface area contributed by atoms with Crippen molar-refractivity contribution in [1.82, 2.24) is 14.5 Å². The summed E-state index contributed by atoms with van der Waals surface area (Å²) in [5, 5.41) is 2.82. The standard InChI is InChI=1S/C24H22N4O2S/c1-16-25-20-15-17(13-14-21(20)28(16)18-9-5-4-6-10-18)23(29)26-19-11-7-8-12-22(19)31-24(30)27(2)3/h4-15H,1-3H3,(H,26,29). The van der Waals surface area contributed by atoms with Crippen molar-refractivity contribution < 1.29 is 9.59 Å². The number of imidazole rings is 1. The summed E-state index contributed by atoms with van der Waals surface area (Å²) in [6.07, 6.45) is 0. The van der Waals surface area contributed by atoms with Crippen molar-refractivity contribution in [3.63, 3.8) is 0 Å². The number of nitrogens with one attached hydrogen (secondary N) is 1. The second-order valence-corrected chi connectivity index (χ2v) is 8.24. The largest absolute Gasteiger partial charge is 0.339 e. The number of rotatable bonds is 4. The Morgan fingerprint density at radius 1 is 0.968 bits per heavy atom. The van der Waals surface area contributed by atoms with E-state index in [0.717, 1.165) is 34.3 Å². The maximum atomic E-state index is 12.9. The lowest BCUT2D eigenvalue weighted by Gasteiger charge is -2.13. The molecule has 0 aliphatic heterocycles. The molecule has 0 atom stereocenters. The molecule has 0 unspecified atom stereocenters. The average molecular weight is 431 g/mol. The minimum Gasteiger partial charge on any atom is -0.339 e. The Labute approximate surface area is 184 Å². The molecule has 31 heavy (non-hydrogen) atoms. The third kappa shape index (κ3) is 4.32. The molecule has 0 aliphatic carbocycles. The summed E-state index contributed by atoms with van der Waals surface area (Å²) >= 11 is 1.08. The van der Waals surface area contributed by atoms with Gasteiger partial charge in [-0.25, -0.2) is 4.98 Å². The molecule has 3 aromatic carbocycles. The van der Waals surface area contributed by atoms with Crippen molar-refractivity contribution in [2.45, 2.75) is 11.8 Å². The van der Waals surface area contributed by atoms with Crippen LogP contribution in [0.25, 0.3) is 16.7 Å². The minimum atomic E-state index is -0.251. The molecule has 1 heterocycles. The topological polar surface area (TPSA) is 67.2 Å². The number of carbonyl (C=O) groups excluding carboxylic acids is 2. The number of aryl methyl sites for hydroxylation is 1. The Morgan fingerprint density at radius 2 is 1.68 bits per heavy atom. The maximum Gasteiger partial charge on any atom is 0.286 e. The molecule has 156 valence electrons. The number of thioether (sulfide) groups is 1. The van der Waals surface area contributed by atoms with Crippen LogP contribution in [0.5, 0.6) is 0 Å². The van der Waals surface area contributed by atoms with Gasteiger partial charge in [0.15, 0.2) is 0 Å². The number of fused-ring (bicyclic) bond motifs is 1. The van der Waals surface area contributed by atoms with Crippen LogP contribution in [0.1, 0.15) is 16.2 Å². The first-order valence-corrected chi connectivity index (χ1v) is 10.6. The molecule has 0 saturated heterocycles. The van der Waals surface area contributed by atoms with Crippen LogP contribution in [0.2, 0.25) is 0 Å². The Balaban J connectivity index is 1.62. The van der Waals surface area contributed by atoms with Gasteiger partial charge in [0.25, 0.3) is 11.1 Å². The number of benzene rings is 3. The smallest absolute Gasteiger partial charge is 0.286 e. The van der Waals surface area contributed by atoms with Gasteiger partial charge in [0.2, 0.25) is 0 Å². The molecule has 1 aromatic heterocycles. The lowest BCUT2D eigenvalue weighted by atomic mass is 10.1. The summed E-state index contributed by atoms with van der Waals surface area (Å²) in [4.78, 5) is 31.9. The molecule has 0 aliphatic rings. The highest BCUT2D eigenvalue weighted by atomic mass is 32.2. The van der Waals surface area contributed by atoms with Crippen LogP contribution in [-0.4, -0.2) is 39.7 Å². The molecular weight excluding hydrogens is 408 g/mol. The van der Waals surface area contributed by atoms with Crippen molar-refractivity contribution in [2.75, 3.05) is 19.4 Å². The number of hydrogen-bond donors (Lipinski definition) is 1. The summed E-state index contributed by atoms with van der Waals surface area (Å²) in [6.45, 7) is 1.95. The molecular formula is C24H22N4O2S. The molecule has 6 nitrogen and oxygen atoms in total. The molecule has 4 aromatic rings. The van der Waals surface area contributed by atoms with Gasteiger partial charge in [0.05, 0.1) is 16.7 Å². The predicted molar refractivity (Wildman–Crippen MR) is 125 cm³/mol. The predicted octanol–water partition coefficient (Wildman–Crippen LogP) is 5.36. The number of carbonyl (C=O) groups is 2. The van der Waals surface area contributed by atoms with Gasteiger partial charge >= 0.3 is 0 Å². The number of nitrogens with zero attached hydrogens (tertiary/aromatic N) is 3. The normalized spacial score (nSPS) is 10.8. The molecule has 0 fully saturated rings. The van der Waals surface area contributed by atoms with E-state index in [1.165, 1.54) is 4.90 Å². The summed E-state index contributed by atoms with van der Waals surface area (Å²) in [5.74, 6) is 0.599. The highest BCUT2D eigenvalue weighted by Gasteiger charge is 2.15. The van der Waals surface area contributed by atoms with Crippen LogP contribution in [0.3, 0.4) is 0 Å².